The zero-order valence-electron chi connectivity index (χ0n) is 15.6. The van der Waals surface area contributed by atoms with Gasteiger partial charge in [0.1, 0.15) is 11.5 Å². The minimum atomic E-state index is -0.256. The minimum Gasteiger partial charge on any atom is -0.335 e. The molecule has 0 bridgehead atoms. The molecular weight excluding hydrogens is 369 g/mol. The quantitative estimate of drug-likeness (QED) is 0.568. The molecule has 0 unspecified atom stereocenters. The predicted octanol–water partition coefficient (Wildman–Crippen LogP) is 3.85. The molecule has 0 saturated heterocycles. The van der Waals surface area contributed by atoms with Gasteiger partial charge in [0.25, 0.3) is 11.5 Å². The third kappa shape index (κ3) is 3.02. The van der Waals surface area contributed by atoms with Crippen molar-refractivity contribution in [3.8, 4) is 0 Å². The van der Waals surface area contributed by atoms with Crippen molar-refractivity contribution >= 4 is 28.0 Å². The van der Waals surface area contributed by atoms with Crippen molar-refractivity contribution in [2.75, 3.05) is 13.1 Å². The smallest absolute Gasteiger partial charge is 0.258 e. The van der Waals surface area contributed by atoms with Crippen LogP contribution in [0.5, 0.6) is 0 Å². The summed E-state index contributed by atoms with van der Waals surface area (Å²) in [6, 6.07) is 15.5. The molecule has 0 radical (unpaired) electrons. The number of H-pyrrole nitrogens is 1. The molecule has 6 heteroatoms. The van der Waals surface area contributed by atoms with Gasteiger partial charge in [0.2, 0.25) is 0 Å². The predicted molar refractivity (Wildman–Crippen MR) is 110 cm³/mol. The Morgan fingerprint density at radius 2 is 1.86 bits per heavy atom. The maximum Gasteiger partial charge on any atom is 0.258 e. The van der Waals surface area contributed by atoms with Crippen LogP contribution in [0, 0.1) is 5.82 Å². The van der Waals surface area contributed by atoms with E-state index in [1.54, 1.807) is 35.4 Å². The fourth-order valence-corrected chi connectivity index (χ4v) is 3.90. The van der Waals surface area contributed by atoms with Crippen LogP contribution in [0.25, 0.3) is 22.1 Å². The second kappa shape index (κ2) is 6.74. The van der Waals surface area contributed by atoms with Crippen molar-refractivity contribution in [2.45, 2.75) is 6.42 Å². The molecular formula is C23H18FN3O2. The summed E-state index contributed by atoms with van der Waals surface area (Å²) >= 11 is 0. The van der Waals surface area contributed by atoms with Gasteiger partial charge in [-0.05, 0) is 47.9 Å². The van der Waals surface area contributed by atoms with Crippen LogP contribution in [0.4, 0.5) is 4.39 Å². The first-order valence-electron chi connectivity index (χ1n) is 9.47. The van der Waals surface area contributed by atoms with E-state index in [4.69, 9.17) is 0 Å². The van der Waals surface area contributed by atoms with Crippen molar-refractivity contribution in [1.29, 1.82) is 0 Å². The summed E-state index contributed by atoms with van der Waals surface area (Å²) in [6.07, 6.45) is 4.50. The Labute approximate surface area is 165 Å². The second-order valence-electron chi connectivity index (χ2n) is 7.19. The summed E-state index contributed by atoms with van der Waals surface area (Å²) in [6.45, 7) is 1.08. The van der Waals surface area contributed by atoms with Crippen molar-refractivity contribution in [1.82, 2.24) is 14.3 Å². The lowest BCUT2D eigenvalue weighted by atomic mass is 9.99. The van der Waals surface area contributed by atoms with Crippen molar-refractivity contribution in [2.24, 2.45) is 0 Å². The zero-order valence-corrected chi connectivity index (χ0v) is 15.6. The molecule has 4 aromatic rings. The van der Waals surface area contributed by atoms with Gasteiger partial charge >= 0.3 is 0 Å². The average Bonchev–Trinajstić information content (AvgIpc) is 3.18. The number of rotatable bonds is 2. The molecule has 0 saturated carbocycles. The molecule has 1 aliphatic heterocycles. The summed E-state index contributed by atoms with van der Waals surface area (Å²) in [5.74, 6) is -0.332. The van der Waals surface area contributed by atoms with Gasteiger partial charge in [-0.3, -0.25) is 9.59 Å². The average molecular weight is 387 g/mol. The number of para-hydroxylation sites is 1. The second-order valence-corrected chi connectivity index (χ2v) is 7.19. The van der Waals surface area contributed by atoms with E-state index in [0.29, 0.717) is 36.1 Å². The van der Waals surface area contributed by atoms with Gasteiger partial charge in [-0.15, -0.1) is 0 Å². The van der Waals surface area contributed by atoms with Crippen LogP contribution >= 0.6 is 0 Å². The largest absolute Gasteiger partial charge is 0.335 e. The number of nitrogens with zero attached hydrogens (tertiary/aromatic N) is 2. The van der Waals surface area contributed by atoms with Crippen molar-refractivity contribution in [3.63, 3.8) is 0 Å². The van der Waals surface area contributed by atoms with Crippen LogP contribution < -0.4 is 5.56 Å². The van der Waals surface area contributed by atoms with Gasteiger partial charge in [0, 0.05) is 19.3 Å². The maximum absolute atomic E-state index is 13.1. The third-order valence-electron chi connectivity index (χ3n) is 5.43. The highest BCUT2D eigenvalue weighted by molar-refractivity contribution is 5.96. The number of hydrogen-bond acceptors (Lipinski definition) is 2. The number of halogens is 1. The highest BCUT2D eigenvalue weighted by atomic mass is 19.1. The normalized spacial score (nSPS) is 14.4. The Balaban J connectivity index is 1.44. The van der Waals surface area contributed by atoms with E-state index in [0.717, 1.165) is 16.7 Å². The van der Waals surface area contributed by atoms with E-state index in [9.17, 15) is 14.0 Å². The van der Waals surface area contributed by atoms with Crippen LogP contribution in [0.1, 0.15) is 22.3 Å². The summed E-state index contributed by atoms with van der Waals surface area (Å²) in [4.78, 5) is 29.9. The Bertz CT molecular complexity index is 1330. The van der Waals surface area contributed by atoms with Crippen LogP contribution in [-0.2, 0) is 0 Å². The van der Waals surface area contributed by atoms with Gasteiger partial charge in [0.15, 0.2) is 0 Å². The van der Waals surface area contributed by atoms with Gasteiger partial charge < -0.3 is 14.3 Å². The number of hydrogen-bond donors (Lipinski definition) is 1. The first-order valence-corrected chi connectivity index (χ1v) is 9.47. The SMILES string of the molecule is O=C(c1cc2[nH]c(=O)c3ccccc3n2c1)N1CC=C(c2ccc(F)cc2)CC1. The molecule has 1 N–H and O–H groups in total. The van der Waals surface area contributed by atoms with Crippen LogP contribution in [0.3, 0.4) is 0 Å². The number of carbonyl (C=O) groups is 1. The maximum atomic E-state index is 13.1. The van der Waals surface area contributed by atoms with E-state index in [1.165, 1.54) is 12.1 Å². The lowest BCUT2D eigenvalue weighted by molar-refractivity contribution is 0.0773. The lowest BCUT2D eigenvalue weighted by Crippen LogP contribution is -2.34. The van der Waals surface area contributed by atoms with E-state index in [2.05, 4.69) is 4.98 Å². The Kier molecular flexibility index (Phi) is 4.05. The van der Waals surface area contributed by atoms with Gasteiger partial charge in [0.05, 0.1) is 16.5 Å². The van der Waals surface area contributed by atoms with Gasteiger partial charge in [-0.2, -0.15) is 0 Å². The molecule has 0 aliphatic carbocycles. The first kappa shape index (κ1) is 17.4. The fraction of sp³-hybridized carbons (Fsp3) is 0.130. The molecule has 3 heterocycles. The van der Waals surface area contributed by atoms with E-state index in [-0.39, 0.29) is 17.3 Å². The van der Waals surface area contributed by atoms with Gasteiger partial charge in [-0.25, -0.2) is 4.39 Å². The summed E-state index contributed by atoms with van der Waals surface area (Å²) in [5.41, 5.74) is 3.83. The number of carbonyl (C=O) groups excluding carboxylic acids is 1. The molecule has 1 aliphatic rings. The monoisotopic (exact) mass is 387 g/mol. The summed E-state index contributed by atoms with van der Waals surface area (Å²) in [5, 5.41) is 0.583. The van der Waals surface area contributed by atoms with E-state index >= 15 is 0 Å². The van der Waals surface area contributed by atoms with Crippen LogP contribution in [0.15, 0.2) is 71.7 Å². The third-order valence-corrected chi connectivity index (χ3v) is 5.43. The molecule has 5 rings (SSSR count). The Morgan fingerprint density at radius 1 is 1.07 bits per heavy atom. The number of fused-ring (bicyclic) bond motifs is 3. The molecule has 2 aromatic heterocycles. The summed E-state index contributed by atoms with van der Waals surface area (Å²) < 4.78 is 15.0. The Morgan fingerprint density at radius 3 is 2.62 bits per heavy atom. The van der Waals surface area contributed by atoms with Crippen molar-refractivity contribution in [3.05, 3.63) is 94.2 Å². The number of benzene rings is 2. The minimum absolute atomic E-state index is 0.0759. The molecule has 0 fully saturated rings. The Hall–Kier alpha value is -3.67. The topological polar surface area (TPSA) is 57.6 Å². The highest BCUT2D eigenvalue weighted by Gasteiger charge is 2.21. The fourth-order valence-electron chi connectivity index (χ4n) is 3.90. The number of aromatic amines is 1. The first-order chi connectivity index (χ1) is 14.1. The number of nitrogens with one attached hydrogen (secondary N) is 1. The van der Waals surface area contributed by atoms with Crippen LogP contribution in [-0.4, -0.2) is 33.3 Å². The number of aromatic nitrogens is 2. The molecule has 0 spiro atoms. The molecule has 29 heavy (non-hydrogen) atoms. The zero-order chi connectivity index (χ0) is 20.0. The van der Waals surface area contributed by atoms with Gasteiger partial charge in [-0.1, -0.05) is 30.3 Å². The van der Waals surface area contributed by atoms with E-state index < -0.39 is 0 Å². The highest BCUT2D eigenvalue weighted by Crippen LogP contribution is 2.24. The van der Waals surface area contributed by atoms with E-state index in [1.807, 2.05) is 28.7 Å². The molecule has 2 aromatic carbocycles. The standard InChI is InChI=1S/C23H18FN3O2/c24-18-7-5-15(6-8-18)16-9-11-26(12-10-16)23(29)17-13-21-25-22(28)19-3-1-2-4-20(19)27(21)14-17/h1-9,13-14H,10-12H2,(H,25,28). The molecule has 144 valence electrons. The molecule has 0 atom stereocenters. The lowest BCUT2D eigenvalue weighted by Gasteiger charge is -2.26. The van der Waals surface area contributed by atoms with Crippen LogP contribution in [0.2, 0.25) is 0 Å². The van der Waals surface area contributed by atoms with Crippen molar-refractivity contribution < 1.29 is 9.18 Å². The molecule has 1 amide bonds. The molecule has 5 nitrogen and oxygen atoms in total. The summed E-state index contributed by atoms with van der Waals surface area (Å²) in [7, 11) is 0. The number of amides is 1.